The van der Waals surface area contributed by atoms with Gasteiger partial charge < -0.3 is 4.90 Å². The summed E-state index contributed by atoms with van der Waals surface area (Å²) >= 11 is 6.07. The van der Waals surface area contributed by atoms with Gasteiger partial charge in [0, 0.05) is 24.2 Å². The Hall–Kier alpha value is -2.05. The van der Waals surface area contributed by atoms with Gasteiger partial charge in [-0.3, -0.25) is 9.52 Å². The lowest BCUT2D eigenvalue weighted by atomic mass is 10.0. The number of benzene rings is 2. The predicted molar refractivity (Wildman–Crippen MR) is 105 cm³/mol. The van der Waals surface area contributed by atoms with E-state index in [9.17, 15) is 13.2 Å². The summed E-state index contributed by atoms with van der Waals surface area (Å²) in [6.45, 7) is 5.65. The number of anilines is 2. The van der Waals surface area contributed by atoms with Gasteiger partial charge in [-0.05, 0) is 67.6 Å². The van der Waals surface area contributed by atoms with Gasteiger partial charge in [-0.25, -0.2) is 8.42 Å². The maximum atomic E-state index is 12.8. The smallest absolute Gasteiger partial charge is 0.262 e. The summed E-state index contributed by atoms with van der Waals surface area (Å²) in [5, 5.41) is 0.535. The van der Waals surface area contributed by atoms with Crippen LogP contribution < -0.4 is 9.62 Å². The van der Waals surface area contributed by atoms with Crippen LogP contribution in [0.25, 0.3) is 0 Å². The highest BCUT2D eigenvalue weighted by molar-refractivity contribution is 7.92. The second-order valence-corrected chi connectivity index (χ2v) is 8.65. The highest BCUT2D eigenvalue weighted by atomic mass is 35.5. The number of rotatable bonds is 3. The van der Waals surface area contributed by atoms with Crippen molar-refractivity contribution in [3.05, 3.63) is 52.0 Å². The molecule has 1 aliphatic rings. The van der Waals surface area contributed by atoms with Crippen molar-refractivity contribution < 1.29 is 13.2 Å². The van der Waals surface area contributed by atoms with Crippen molar-refractivity contribution in [3.8, 4) is 0 Å². The Bertz CT molecular complexity index is 987. The van der Waals surface area contributed by atoms with Gasteiger partial charge in [0.1, 0.15) is 0 Å². The van der Waals surface area contributed by atoms with Gasteiger partial charge in [0.2, 0.25) is 5.91 Å². The summed E-state index contributed by atoms with van der Waals surface area (Å²) in [4.78, 5) is 13.8. The van der Waals surface area contributed by atoms with Crippen LogP contribution in [-0.4, -0.2) is 20.9 Å². The number of amides is 1. The van der Waals surface area contributed by atoms with Crippen molar-refractivity contribution in [2.45, 2.75) is 38.5 Å². The molecule has 2 aromatic carbocycles. The lowest BCUT2D eigenvalue weighted by molar-refractivity contribution is -0.116. The van der Waals surface area contributed by atoms with Crippen LogP contribution >= 0.6 is 11.6 Å². The van der Waals surface area contributed by atoms with Crippen LogP contribution in [0.2, 0.25) is 5.02 Å². The summed E-state index contributed by atoms with van der Waals surface area (Å²) in [6.07, 6.45) is 1.78. The van der Waals surface area contributed by atoms with Gasteiger partial charge in [0.15, 0.2) is 0 Å². The van der Waals surface area contributed by atoms with Gasteiger partial charge in [-0.1, -0.05) is 17.7 Å². The molecule has 0 radical (unpaired) electrons. The third-order valence-corrected chi connectivity index (χ3v) is 6.51. The number of halogens is 1. The quantitative estimate of drug-likeness (QED) is 0.856. The minimum atomic E-state index is -3.76. The fraction of sp³-hybridized carbons (Fsp3) is 0.316. The number of fused-ring (bicyclic) bond motifs is 1. The maximum absolute atomic E-state index is 12.8. The Morgan fingerprint density at radius 2 is 1.88 bits per heavy atom. The minimum absolute atomic E-state index is 0.0462. The van der Waals surface area contributed by atoms with E-state index < -0.39 is 10.0 Å². The first-order valence-electron chi connectivity index (χ1n) is 8.39. The minimum Gasteiger partial charge on any atom is -0.312 e. The van der Waals surface area contributed by atoms with Crippen molar-refractivity contribution in [2.24, 2.45) is 0 Å². The molecule has 1 heterocycles. The van der Waals surface area contributed by atoms with Crippen LogP contribution in [0.15, 0.2) is 35.2 Å². The Labute approximate surface area is 159 Å². The topological polar surface area (TPSA) is 66.5 Å². The summed E-state index contributed by atoms with van der Waals surface area (Å²) in [6, 6.07) is 8.56. The number of nitrogens with one attached hydrogen (secondary N) is 1. The molecule has 0 aliphatic carbocycles. The molecule has 0 bridgehead atoms. The predicted octanol–water partition coefficient (Wildman–Crippen LogP) is 4.06. The molecule has 138 valence electrons. The zero-order valence-corrected chi connectivity index (χ0v) is 16.5. The first kappa shape index (κ1) is 18.7. The molecule has 1 N–H and O–H groups in total. The average Bonchev–Trinajstić information content (AvgIpc) is 2.56. The van der Waals surface area contributed by atoms with Crippen molar-refractivity contribution >= 4 is 38.9 Å². The molecule has 0 fully saturated rings. The summed E-state index contributed by atoms with van der Waals surface area (Å²) < 4.78 is 28.3. The normalized spacial score (nSPS) is 14.1. The van der Waals surface area contributed by atoms with Gasteiger partial charge in [0.05, 0.1) is 10.6 Å². The standard InChI is InChI=1S/C19H21ClN2O3S/c1-12-10-19(13(2)9-17(12)20)26(24,25)21-16-7-6-15-5-4-8-22(14(3)23)18(15)11-16/h6-7,9-11,21H,4-5,8H2,1-3H3. The summed E-state index contributed by atoms with van der Waals surface area (Å²) in [7, 11) is -3.76. The molecule has 0 atom stereocenters. The molecule has 0 spiro atoms. The molecule has 26 heavy (non-hydrogen) atoms. The summed E-state index contributed by atoms with van der Waals surface area (Å²) in [5.74, 6) is -0.0462. The maximum Gasteiger partial charge on any atom is 0.262 e. The van der Waals surface area contributed by atoms with Crippen LogP contribution in [0.4, 0.5) is 11.4 Å². The molecular formula is C19H21ClN2O3S. The van der Waals surface area contributed by atoms with Crippen molar-refractivity contribution in [3.63, 3.8) is 0 Å². The van der Waals surface area contributed by atoms with E-state index in [0.717, 1.165) is 24.1 Å². The SMILES string of the molecule is CC(=O)N1CCCc2ccc(NS(=O)(=O)c3cc(C)c(Cl)cc3C)cc21. The van der Waals surface area contributed by atoms with Gasteiger partial charge in [-0.2, -0.15) is 0 Å². The number of nitrogens with zero attached hydrogens (tertiary/aromatic N) is 1. The lowest BCUT2D eigenvalue weighted by Crippen LogP contribution is -2.33. The molecular weight excluding hydrogens is 372 g/mol. The van der Waals surface area contributed by atoms with Crippen molar-refractivity contribution in [2.75, 3.05) is 16.2 Å². The molecule has 0 saturated heterocycles. The van der Waals surface area contributed by atoms with Crippen LogP contribution in [0.1, 0.15) is 30.0 Å². The van der Waals surface area contributed by atoms with E-state index in [-0.39, 0.29) is 10.8 Å². The zero-order chi connectivity index (χ0) is 19.1. The Morgan fingerprint density at radius 3 is 2.58 bits per heavy atom. The molecule has 2 aromatic rings. The first-order chi connectivity index (χ1) is 12.2. The second-order valence-electron chi connectivity index (χ2n) is 6.59. The van der Waals surface area contributed by atoms with Crippen LogP contribution in [0, 0.1) is 13.8 Å². The van der Waals surface area contributed by atoms with E-state index in [1.807, 2.05) is 6.07 Å². The largest absolute Gasteiger partial charge is 0.312 e. The monoisotopic (exact) mass is 392 g/mol. The Balaban J connectivity index is 1.98. The van der Waals surface area contributed by atoms with Gasteiger partial charge in [-0.15, -0.1) is 0 Å². The van der Waals surface area contributed by atoms with Crippen molar-refractivity contribution in [1.29, 1.82) is 0 Å². The van der Waals surface area contributed by atoms with E-state index in [1.165, 1.54) is 6.92 Å². The lowest BCUT2D eigenvalue weighted by Gasteiger charge is -2.29. The third-order valence-electron chi connectivity index (χ3n) is 4.58. The third kappa shape index (κ3) is 3.57. The number of hydrogen-bond acceptors (Lipinski definition) is 3. The Morgan fingerprint density at radius 1 is 1.15 bits per heavy atom. The summed E-state index contributed by atoms with van der Waals surface area (Å²) in [5.41, 5.74) is 3.53. The number of sulfonamides is 1. The van der Waals surface area contributed by atoms with Crippen LogP contribution in [0.5, 0.6) is 0 Å². The molecule has 3 rings (SSSR count). The molecule has 0 unspecified atom stereocenters. The second kappa shape index (κ2) is 6.93. The zero-order valence-electron chi connectivity index (χ0n) is 15.0. The highest BCUT2D eigenvalue weighted by Gasteiger charge is 2.22. The average molecular weight is 393 g/mol. The number of carbonyl (C=O) groups excluding carboxylic acids is 1. The van der Waals surface area contributed by atoms with Crippen molar-refractivity contribution in [1.82, 2.24) is 0 Å². The highest BCUT2D eigenvalue weighted by Crippen LogP contribution is 2.32. The number of hydrogen-bond donors (Lipinski definition) is 1. The molecule has 0 saturated carbocycles. The van der Waals surface area contributed by atoms with E-state index >= 15 is 0 Å². The molecule has 0 aromatic heterocycles. The van der Waals surface area contributed by atoms with Gasteiger partial charge >= 0.3 is 0 Å². The fourth-order valence-corrected chi connectivity index (χ4v) is 4.80. The van der Waals surface area contributed by atoms with E-state index in [4.69, 9.17) is 11.6 Å². The van der Waals surface area contributed by atoms with Gasteiger partial charge in [0.25, 0.3) is 10.0 Å². The van der Waals surface area contributed by atoms with Crippen LogP contribution in [0.3, 0.4) is 0 Å². The number of aryl methyl sites for hydroxylation is 3. The van der Waals surface area contributed by atoms with E-state index in [1.54, 1.807) is 43.0 Å². The molecule has 7 heteroatoms. The molecule has 5 nitrogen and oxygen atoms in total. The van der Waals surface area contributed by atoms with E-state index in [0.29, 0.717) is 28.4 Å². The number of carbonyl (C=O) groups is 1. The molecule has 1 amide bonds. The first-order valence-corrected chi connectivity index (χ1v) is 10.3. The molecule has 1 aliphatic heterocycles. The Kier molecular flexibility index (Phi) is 4.99. The van der Waals surface area contributed by atoms with E-state index in [2.05, 4.69) is 4.72 Å². The van der Waals surface area contributed by atoms with Crippen LogP contribution in [-0.2, 0) is 21.2 Å². The fourth-order valence-electron chi connectivity index (χ4n) is 3.22.